The lowest BCUT2D eigenvalue weighted by atomic mass is 10.3. The molecule has 0 atom stereocenters. The first-order valence-electron chi connectivity index (χ1n) is 6.40. The number of hydrogen-bond donors (Lipinski definition) is 2. The van der Waals surface area contributed by atoms with Crippen molar-refractivity contribution in [2.24, 2.45) is 0 Å². The molecule has 2 heterocycles. The van der Waals surface area contributed by atoms with E-state index in [-0.39, 0.29) is 5.91 Å². The van der Waals surface area contributed by atoms with Gasteiger partial charge in [-0.1, -0.05) is 6.92 Å². The van der Waals surface area contributed by atoms with Crippen LogP contribution >= 0.6 is 27.3 Å². The number of nitrogens with zero attached hydrogens (tertiary/aromatic N) is 1. The maximum absolute atomic E-state index is 12.1. The van der Waals surface area contributed by atoms with Gasteiger partial charge in [0.2, 0.25) is 0 Å². The summed E-state index contributed by atoms with van der Waals surface area (Å²) in [6.45, 7) is 3.49. The zero-order valence-corrected chi connectivity index (χ0v) is 13.6. The van der Waals surface area contributed by atoms with Crippen LogP contribution in [0.5, 0.6) is 0 Å². The molecule has 0 unspecified atom stereocenters. The smallest absolute Gasteiger partial charge is 0.270 e. The quantitative estimate of drug-likeness (QED) is 0.833. The van der Waals surface area contributed by atoms with Crippen LogP contribution < -0.4 is 10.6 Å². The number of carbonyl (C=O) groups is 1. The third kappa shape index (κ3) is 4.05. The molecule has 0 spiro atoms. The highest BCUT2D eigenvalue weighted by molar-refractivity contribution is 9.10. The van der Waals surface area contributed by atoms with E-state index >= 15 is 0 Å². The number of pyridine rings is 1. The average Bonchev–Trinajstić information content (AvgIpc) is 2.88. The van der Waals surface area contributed by atoms with Crippen LogP contribution in [0.2, 0.25) is 0 Å². The first-order chi connectivity index (χ1) is 9.70. The van der Waals surface area contributed by atoms with Crippen molar-refractivity contribution in [3.05, 3.63) is 44.8 Å². The lowest BCUT2D eigenvalue weighted by Gasteiger charge is -2.07. The van der Waals surface area contributed by atoms with Crippen molar-refractivity contribution >= 4 is 38.9 Å². The zero-order valence-electron chi connectivity index (χ0n) is 11.1. The second-order valence-corrected chi connectivity index (χ2v) is 6.09. The number of amides is 1. The fraction of sp³-hybridized carbons (Fsp3) is 0.286. The summed E-state index contributed by atoms with van der Waals surface area (Å²) in [6.07, 6.45) is 2.68. The van der Waals surface area contributed by atoms with Crippen LogP contribution in [0.3, 0.4) is 0 Å². The Balaban J connectivity index is 1.96. The molecule has 0 aliphatic carbocycles. The summed E-state index contributed by atoms with van der Waals surface area (Å²) in [4.78, 5) is 17.3. The fourth-order valence-electron chi connectivity index (χ4n) is 1.64. The second-order valence-electron chi connectivity index (χ2n) is 4.23. The summed E-state index contributed by atoms with van der Waals surface area (Å²) in [5, 5.41) is 8.10. The second kappa shape index (κ2) is 7.40. The fourth-order valence-corrected chi connectivity index (χ4v) is 3.07. The van der Waals surface area contributed by atoms with Gasteiger partial charge in [-0.05, 0) is 45.9 Å². The summed E-state index contributed by atoms with van der Waals surface area (Å²) in [5.74, 6) is -0.162. The van der Waals surface area contributed by atoms with E-state index < -0.39 is 0 Å². The van der Waals surface area contributed by atoms with E-state index in [1.807, 2.05) is 17.5 Å². The summed E-state index contributed by atoms with van der Waals surface area (Å²) < 4.78 is 1.02. The highest BCUT2D eigenvalue weighted by atomic mass is 79.9. The van der Waals surface area contributed by atoms with Crippen LogP contribution in [0, 0.1) is 0 Å². The number of rotatable bonds is 6. The molecule has 20 heavy (non-hydrogen) atoms. The van der Waals surface area contributed by atoms with Gasteiger partial charge >= 0.3 is 0 Å². The van der Waals surface area contributed by atoms with Crippen LogP contribution in [-0.2, 0) is 6.54 Å². The Kier molecular flexibility index (Phi) is 5.55. The SMILES string of the molecule is CCCNc1ccnc(C(=O)NCc2sccc2Br)c1. The molecule has 0 aliphatic heterocycles. The third-order valence-electron chi connectivity index (χ3n) is 2.67. The minimum absolute atomic E-state index is 0.162. The van der Waals surface area contributed by atoms with Gasteiger partial charge in [-0.15, -0.1) is 11.3 Å². The summed E-state index contributed by atoms with van der Waals surface area (Å²) >= 11 is 5.05. The number of thiophene rings is 1. The highest BCUT2D eigenvalue weighted by Gasteiger charge is 2.09. The van der Waals surface area contributed by atoms with Crippen molar-refractivity contribution in [3.63, 3.8) is 0 Å². The Morgan fingerprint density at radius 2 is 2.30 bits per heavy atom. The Hall–Kier alpha value is -1.40. The van der Waals surface area contributed by atoms with E-state index in [1.165, 1.54) is 0 Å². The first kappa shape index (κ1) is 15.0. The van der Waals surface area contributed by atoms with Gasteiger partial charge in [0.05, 0.1) is 6.54 Å². The van der Waals surface area contributed by atoms with Gasteiger partial charge in [-0.3, -0.25) is 9.78 Å². The molecular formula is C14H16BrN3OS. The van der Waals surface area contributed by atoms with Crippen LogP contribution in [0.4, 0.5) is 5.69 Å². The molecule has 2 N–H and O–H groups in total. The van der Waals surface area contributed by atoms with Crippen molar-refractivity contribution in [3.8, 4) is 0 Å². The lowest BCUT2D eigenvalue weighted by molar-refractivity contribution is 0.0946. The number of aromatic nitrogens is 1. The van der Waals surface area contributed by atoms with Crippen molar-refractivity contribution in [2.75, 3.05) is 11.9 Å². The van der Waals surface area contributed by atoms with Gasteiger partial charge in [0, 0.05) is 27.8 Å². The van der Waals surface area contributed by atoms with Crippen molar-refractivity contribution in [1.29, 1.82) is 0 Å². The van der Waals surface area contributed by atoms with Gasteiger partial charge in [0.1, 0.15) is 5.69 Å². The van der Waals surface area contributed by atoms with E-state index in [1.54, 1.807) is 23.6 Å². The highest BCUT2D eigenvalue weighted by Crippen LogP contribution is 2.22. The molecular weight excluding hydrogens is 338 g/mol. The van der Waals surface area contributed by atoms with Crippen LogP contribution in [0.25, 0.3) is 0 Å². The normalized spacial score (nSPS) is 10.3. The predicted octanol–water partition coefficient (Wildman–Crippen LogP) is 3.66. The van der Waals surface area contributed by atoms with Crippen molar-refractivity contribution in [2.45, 2.75) is 19.9 Å². The minimum Gasteiger partial charge on any atom is -0.385 e. The number of carbonyl (C=O) groups excluding carboxylic acids is 1. The Bertz CT molecular complexity index is 585. The van der Waals surface area contributed by atoms with Gasteiger partial charge in [-0.25, -0.2) is 0 Å². The number of nitrogens with one attached hydrogen (secondary N) is 2. The molecule has 2 aromatic rings. The molecule has 2 rings (SSSR count). The summed E-state index contributed by atoms with van der Waals surface area (Å²) in [7, 11) is 0. The van der Waals surface area contributed by atoms with Gasteiger partial charge in [0.15, 0.2) is 0 Å². The maximum Gasteiger partial charge on any atom is 0.270 e. The third-order valence-corrected chi connectivity index (χ3v) is 4.60. The monoisotopic (exact) mass is 353 g/mol. The summed E-state index contributed by atoms with van der Waals surface area (Å²) in [5.41, 5.74) is 1.35. The molecule has 1 amide bonds. The Morgan fingerprint density at radius 1 is 1.45 bits per heavy atom. The van der Waals surface area contributed by atoms with E-state index in [4.69, 9.17) is 0 Å². The Labute approximate surface area is 130 Å². The summed E-state index contributed by atoms with van der Waals surface area (Å²) in [6, 6.07) is 5.61. The maximum atomic E-state index is 12.1. The standard InChI is InChI=1S/C14H16BrN3OS/c1-2-5-16-10-3-6-17-12(8-10)14(19)18-9-13-11(15)4-7-20-13/h3-4,6-8H,2,5,9H2,1H3,(H,16,17)(H,18,19). The molecule has 0 radical (unpaired) electrons. The lowest BCUT2D eigenvalue weighted by Crippen LogP contribution is -2.23. The van der Waals surface area contributed by atoms with Crippen LogP contribution in [0.1, 0.15) is 28.7 Å². The number of halogens is 1. The first-order valence-corrected chi connectivity index (χ1v) is 8.08. The van der Waals surface area contributed by atoms with Crippen molar-refractivity contribution < 1.29 is 4.79 Å². The molecule has 6 heteroatoms. The molecule has 0 saturated carbocycles. The van der Waals surface area contributed by atoms with E-state index in [0.29, 0.717) is 12.2 Å². The molecule has 0 bridgehead atoms. The molecule has 106 valence electrons. The van der Waals surface area contributed by atoms with E-state index in [9.17, 15) is 4.79 Å². The molecule has 4 nitrogen and oxygen atoms in total. The van der Waals surface area contributed by atoms with Gasteiger partial charge < -0.3 is 10.6 Å². The molecule has 0 aromatic carbocycles. The van der Waals surface area contributed by atoms with E-state index in [0.717, 1.165) is 28.0 Å². The topological polar surface area (TPSA) is 54.0 Å². The van der Waals surface area contributed by atoms with Crippen LogP contribution in [0.15, 0.2) is 34.2 Å². The number of hydrogen-bond acceptors (Lipinski definition) is 4. The van der Waals surface area contributed by atoms with Crippen LogP contribution in [-0.4, -0.2) is 17.4 Å². The van der Waals surface area contributed by atoms with Crippen molar-refractivity contribution in [1.82, 2.24) is 10.3 Å². The average molecular weight is 354 g/mol. The Morgan fingerprint density at radius 3 is 3.00 bits per heavy atom. The van der Waals surface area contributed by atoms with Gasteiger partial charge in [0.25, 0.3) is 5.91 Å². The molecule has 0 aliphatic rings. The molecule has 0 fully saturated rings. The predicted molar refractivity (Wildman–Crippen MR) is 86.2 cm³/mol. The minimum atomic E-state index is -0.162. The largest absolute Gasteiger partial charge is 0.385 e. The molecule has 2 aromatic heterocycles. The van der Waals surface area contributed by atoms with E-state index in [2.05, 4.69) is 38.5 Å². The zero-order chi connectivity index (χ0) is 14.4. The molecule has 0 saturated heterocycles. The van der Waals surface area contributed by atoms with Gasteiger partial charge in [-0.2, -0.15) is 0 Å². The number of anilines is 1.